The minimum absolute atomic E-state index is 0.0605. The van der Waals surface area contributed by atoms with E-state index in [0.29, 0.717) is 50.5 Å². The third-order valence-corrected chi connectivity index (χ3v) is 7.50. The Balaban J connectivity index is 1.38. The molecule has 3 aromatic rings. The number of amides is 2. The van der Waals surface area contributed by atoms with Crippen LogP contribution in [-0.4, -0.2) is 54.9 Å². The van der Waals surface area contributed by atoms with Crippen molar-refractivity contribution in [1.29, 1.82) is 0 Å². The number of nitrogens with zero attached hydrogens (tertiary/aromatic N) is 2. The maximum atomic E-state index is 13.3. The van der Waals surface area contributed by atoms with Crippen LogP contribution in [0.5, 0.6) is 5.75 Å². The highest BCUT2D eigenvalue weighted by molar-refractivity contribution is 6.30. The Kier molecular flexibility index (Phi) is 9.29. The molecular weight excluding hydrogens is 498 g/mol. The summed E-state index contributed by atoms with van der Waals surface area (Å²) in [6.45, 7) is 4.43. The summed E-state index contributed by atoms with van der Waals surface area (Å²) in [5.74, 6) is 0.861. The summed E-state index contributed by atoms with van der Waals surface area (Å²) in [4.78, 5) is 29.9. The Labute approximate surface area is 230 Å². The predicted molar refractivity (Wildman–Crippen MR) is 152 cm³/mol. The molecule has 0 spiro atoms. The van der Waals surface area contributed by atoms with Crippen LogP contribution in [0.25, 0.3) is 0 Å². The number of carbonyl (C=O) groups excluding carboxylic acids is 2. The molecular formula is C31H36ClN3O3. The average Bonchev–Trinajstić information content (AvgIpc) is 2.93. The number of piperidine rings is 1. The molecule has 0 saturated carbocycles. The molecule has 1 fully saturated rings. The van der Waals surface area contributed by atoms with Crippen LogP contribution in [0.1, 0.15) is 30.4 Å². The van der Waals surface area contributed by atoms with Crippen molar-refractivity contribution < 1.29 is 14.3 Å². The summed E-state index contributed by atoms with van der Waals surface area (Å²) in [5.41, 5.74) is 2.84. The van der Waals surface area contributed by atoms with Crippen molar-refractivity contribution in [2.45, 2.75) is 32.7 Å². The van der Waals surface area contributed by atoms with E-state index in [1.165, 1.54) is 5.56 Å². The molecule has 2 amide bonds. The Morgan fingerprint density at radius 1 is 0.974 bits per heavy atom. The van der Waals surface area contributed by atoms with Crippen LogP contribution in [0.15, 0.2) is 78.9 Å². The van der Waals surface area contributed by atoms with Crippen LogP contribution in [0, 0.1) is 12.3 Å². The number of halogens is 1. The highest BCUT2D eigenvalue weighted by atomic mass is 35.5. The highest BCUT2D eigenvalue weighted by Gasteiger charge is 2.39. The van der Waals surface area contributed by atoms with Crippen molar-refractivity contribution >= 4 is 29.1 Å². The second-order valence-electron chi connectivity index (χ2n) is 10.3. The normalized spacial score (nSPS) is 14.6. The Morgan fingerprint density at radius 2 is 1.63 bits per heavy atom. The first-order valence-corrected chi connectivity index (χ1v) is 13.4. The van der Waals surface area contributed by atoms with Gasteiger partial charge in [0, 0.05) is 49.2 Å². The van der Waals surface area contributed by atoms with Crippen molar-refractivity contribution in [3.05, 3.63) is 95.0 Å². The van der Waals surface area contributed by atoms with Crippen molar-refractivity contribution in [2.75, 3.05) is 38.6 Å². The smallest absolute Gasteiger partial charge is 0.241 e. The van der Waals surface area contributed by atoms with Crippen LogP contribution in [0.3, 0.4) is 0 Å². The van der Waals surface area contributed by atoms with Gasteiger partial charge in [-0.05, 0) is 61.7 Å². The summed E-state index contributed by atoms with van der Waals surface area (Å²) in [7, 11) is 1.85. The van der Waals surface area contributed by atoms with Gasteiger partial charge < -0.3 is 19.9 Å². The zero-order valence-electron chi connectivity index (χ0n) is 22.2. The lowest BCUT2D eigenvalue weighted by Gasteiger charge is -2.42. The minimum Gasteiger partial charge on any atom is -0.493 e. The van der Waals surface area contributed by atoms with Crippen LogP contribution in [0.2, 0.25) is 5.02 Å². The fourth-order valence-corrected chi connectivity index (χ4v) is 4.86. The van der Waals surface area contributed by atoms with Crippen LogP contribution in [-0.2, 0) is 16.1 Å². The molecule has 1 heterocycles. The van der Waals surface area contributed by atoms with Crippen molar-refractivity contribution in [3.8, 4) is 5.75 Å². The van der Waals surface area contributed by atoms with Gasteiger partial charge in [0.2, 0.25) is 11.8 Å². The van der Waals surface area contributed by atoms with Crippen LogP contribution in [0.4, 0.5) is 5.69 Å². The standard InChI is InChI=1S/C31H36ClN3O3/c1-24-8-12-27(13-9-24)33-21-30(37)35-18-16-31(17-19-35,23-38-28-14-10-26(32)11-15-28)20-29(36)34(2)22-25-6-4-3-5-7-25/h3-15,33H,16-23H2,1-2H3. The summed E-state index contributed by atoms with van der Waals surface area (Å²) in [5, 5.41) is 3.87. The minimum atomic E-state index is -0.358. The molecule has 38 heavy (non-hydrogen) atoms. The summed E-state index contributed by atoms with van der Waals surface area (Å²) < 4.78 is 6.17. The number of rotatable bonds is 10. The maximum absolute atomic E-state index is 13.3. The van der Waals surface area contributed by atoms with E-state index in [4.69, 9.17) is 16.3 Å². The van der Waals surface area contributed by atoms with Crippen LogP contribution >= 0.6 is 11.6 Å². The second-order valence-corrected chi connectivity index (χ2v) is 10.7. The topological polar surface area (TPSA) is 61.9 Å². The summed E-state index contributed by atoms with van der Waals surface area (Å²) in [6, 6.07) is 25.3. The molecule has 0 bridgehead atoms. The third kappa shape index (κ3) is 7.75. The van der Waals surface area contributed by atoms with Gasteiger partial charge in [0.15, 0.2) is 0 Å². The van der Waals surface area contributed by atoms with E-state index < -0.39 is 0 Å². The van der Waals surface area contributed by atoms with Gasteiger partial charge in [-0.15, -0.1) is 0 Å². The van der Waals surface area contributed by atoms with Crippen LogP contribution < -0.4 is 10.1 Å². The third-order valence-electron chi connectivity index (χ3n) is 7.25. The Bertz CT molecular complexity index is 1190. The van der Waals surface area contributed by atoms with E-state index in [1.807, 2.05) is 85.6 Å². The molecule has 0 atom stereocenters. The molecule has 3 aromatic carbocycles. The van der Waals surface area contributed by atoms with E-state index in [9.17, 15) is 9.59 Å². The van der Waals surface area contributed by atoms with E-state index in [0.717, 1.165) is 17.0 Å². The van der Waals surface area contributed by atoms with Gasteiger partial charge in [0.25, 0.3) is 0 Å². The number of aryl methyl sites for hydroxylation is 1. The van der Waals surface area contributed by atoms with Gasteiger partial charge in [-0.25, -0.2) is 0 Å². The number of hydrogen-bond donors (Lipinski definition) is 1. The number of ether oxygens (including phenoxy) is 1. The number of anilines is 1. The Morgan fingerprint density at radius 3 is 2.29 bits per heavy atom. The molecule has 200 valence electrons. The van der Waals surface area contributed by atoms with Gasteiger partial charge in [0.1, 0.15) is 5.75 Å². The van der Waals surface area contributed by atoms with Gasteiger partial charge in [-0.2, -0.15) is 0 Å². The lowest BCUT2D eigenvalue weighted by Crippen LogP contribution is -2.48. The molecule has 6 nitrogen and oxygen atoms in total. The van der Waals surface area contributed by atoms with Gasteiger partial charge in [0.05, 0.1) is 13.2 Å². The van der Waals surface area contributed by atoms with Gasteiger partial charge in [-0.3, -0.25) is 9.59 Å². The molecule has 1 aliphatic heterocycles. The van der Waals surface area contributed by atoms with E-state index in [1.54, 1.807) is 17.0 Å². The zero-order chi connectivity index (χ0) is 27.0. The molecule has 0 aromatic heterocycles. The second kappa shape index (κ2) is 12.8. The van der Waals surface area contributed by atoms with Crippen molar-refractivity contribution in [1.82, 2.24) is 9.80 Å². The fraction of sp³-hybridized carbons (Fsp3) is 0.355. The van der Waals surface area contributed by atoms with Crippen molar-refractivity contribution in [2.24, 2.45) is 5.41 Å². The summed E-state index contributed by atoms with van der Waals surface area (Å²) in [6.07, 6.45) is 1.76. The molecule has 1 aliphatic rings. The van der Waals surface area contributed by atoms with Gasteiger partial charge in [-0.1, -0.05) is 59.6 Å². The van der Waals surface area contributed by atoms with E-state index in [-0.39, 0.29) is 23.8 Å². The molecule has 1 saturated heterocycles. The van der Waals surface area contributed by atoms with Gasteiger partial charge >= 0.3 is 0 Å². The first-order valence-electron chi connectivity index (χ1n) is 13.1. The molecule has 0 radical (unpaired) electrons. The molecule has 0 unspecified atom stereocenters. The number of carbonyl (C=O) groups is 2. The predicted octanol–water partition coefficient (Wildman–Crippen LogP) is 5.80. The quantitative estimate of drug-likeness (QED) is 0.358. The zero-order valence-corrected chi connectivity index (χ0v) is 22.9. The number of benzene rings is 3. The number of hydrogen-bond acceptors (Lipinski definition) is 4. The maximum Gasteiger partial charge on any atom is 0.241 e. The van der Waals surface area contributed by atoms with E-state index in [2.05, 4.69) is 5.32 Å². The molecule has 4 rings (SSSR count). The molecule has 0 aliphatic carbocycles. The number of nitrogens with one attached hydrogen (secondary N) is 1. The highest BCUT2D eigenvalue weighted by Crippen LogP contribution is 2.37. The fourth-order valence-electron chi connectivity index (χ4n) is 4.73. The molecule has 7 heteroatoms. The molecule has 1 N–H and O–H groups in total. The first kappa shape index (κ1) is 27.5. The summed E-state index contributed by atoms with van der Waals surface area (Å²) >= 11 is 6.03. The van der Waals surface area contributed by atoms with Crippen molar-refractivity contribution in [3.63, 3.8) is 0 Å². The Hall–Kier alpha value is -3.51. The lowest BCUT2D eigenvalue weighted by atomic mass is 9.75. The number of likely N-dealkylation sites (tertiary alicyclic amines) is 1. The average molecular weight is 534 g/mol. The lowest BCUT2D eigenvalue weighted by molar-refractivity contribution is -0.136. The first-order chi connectivity index (χ1) is 18.3. The van der Waals surface area contributed by atoms with E-state index >= 15 is 0 Å². The largest absolute Gasteiger partial charge is 0.493 e. The SMILES string of the molecule is Cc1ccc(NCC(=O)N2CCC(COc3ccc(Cl)cc3)(CC(=O)N(C)Cc3ccccc3)CC2)cc1. The monoisotopic (exact) mass is 533 g/mol.